The third-order valence-electron chi connectivity index (χ3n) is 2.74. The van der Waals surface area contributed by atoms with E-state index < -0.39 is 0 Å². The Morgan fingerprint density at radius 1 is 1.40 bits per heavy atom. The largest absolute Gasteiger partial charge is 0.375 e. The zero-order chi connectivity index (χ0) is 10.5. The van der Waals surface area contributed by atoms with Crippen molar-refractivity contribution in [2.24, 2.45) is 5.73 Å². The van der Waals surface area contributed by atoms with Crippen LogP contribution in [0.25, 0.3) is 0 Å². The Morgan fingerprint density at radius 3 is 3.13 bits per heavy atom. The van der Waals surface area contributed by atoms with Crippen LogP contribution in [-0.4, -0.2) is 19.7 Å². The van der Waals surface area contributed by atoms with E-state index in [2.05, 4.69) is 29.6 Å². The highest BCUT2D eigenvalue weighted by Gasteiger charge is 2.18. The Morgan fingerprint density at radius 2 is 2.27 bits per heavy atom. The van der Waals surface area contributed by atoms with Gasteiger partial charge in [-0.05, 0) is 30.6 Å². The van der Waals surface area contributed by atoms with Crippen LogP contribution in [0.2, 0.25) is 0 Å². The summed E-state index contributed by atoms with van der Waals surface area (Å²) in [6.45, 7) is 3.20. The molecule has 0 aliphatic carbocycles. The molecule has 1 aromatic carbocycles. The van der Waals surface area contributed by atoms with Crippen molar-refractivity contribution in [2.75, 3.05) is 19.7 Å². The summed E-state index contributed by atoms with van der Waals surface area (Å²) in [5, 5.41) is 3.47. The first-order valence-corrected chi connectivity index (χ1v) is 5.51. The minimum atomic E-state index is 0.335. The Balaban J connectivity index is 2.02. The van der Waals surface area contributed by atoms with E-state index in [9.17, 15) is 0 Å². The summed E-state index contributed by atoms with van der Waals surface area (Å²) in [5.41, 5.74) is 8.14. The van der Waals surface area contributed by atoms with Crippen molar-refractivity contribution < 1.29 is 4.74 Å². The molecule has 0 aromatic heterocycles. The van der Waals surface area contributed by atoms with Gasteiger partial charge in [0.05, 0.1) is 19.3 Å². The molecule has 2 rings (SSSR count). The zero-order valence-corrected chi connectivity index (χ0v) is 8.91. The molecule has 0 bridgehead atoms. The molecule has 1 unspecified atom stereocenters. The van der Waals surface area contributed by atoms with E-state index in [0.717, 1.165) is 32.7 Å². The molecule has 1 aromatic rings. The van der Waals surface area contributed by atoms with Crippen LogP contribution in [0.15, 0.2) is 24.3 Å². The van der Waals surface area contributed by atoms with Crippen molar-refractivity contribution >= 4 is 0 Å². The number of nitrogens with one attached hydrogen (secondary N) is 1. The van der Waals surface area contributed by atoms with Crippen molar-refractivity contribution in [1.82, 2.24) is 5.32 Å². The number of hydrogen-bond donors (Lipinski definition) is 2. The lowest BCUT2D eigenvalue weighted by atomic mass is 9.99. The molecular formula is C12H18N2O. The van der Waals surface area contributed by atoms with Gasteiger partial charge in [-0.2, -0.15) is 0 Å². The highest BCUT2D eigenvalue weighted by atomic mass is 16.5. The van der Waals surface area contributed by atoms with Gasteiger partial charge in [0.25, 0.3) is 0 Å². The number of rotatable bonds is 4. The predicted molar refractivity (Wildman–Crippen MR) is 60.5 cm³/mol. The highest BCUT2D eigenvalue weighted by Crippen LogP contribution is 2.23. The lowest BCUT2D eigenvalue weighted by molar-refractivity contribution is 0.0822. The average Bonchev–Trinajstić information content (AvgIpc) is 2.30. The zero-order valence-electron chi connectivity index (χ0n) is 8.91. The first-order valence-electron chi connectivity index (χ1n) is 5.51. The van der Waals surface area contributed by atoms with Crippen LogP contribution in [-0.2, 0) is 11.3 Å². The molecule has 3 nitrogen and oxygen atoms in total. The third-order valence-corrected chi connectivity index (χ3v) is 2.74. The predicted octanol–water partition coefficient (Wildman–Crippen LogP) is 1.20. The molecule has 82 valence electrons. The van der Waals surface area contributed by atoms with Crippen LogP contribution in [0.4, 0.5) is 0 Å². The molecule has 1 atom stereocenters. The fourth-order valence-electron chi connectivity index (χ4n) is 1.93. The van der Waals surface area contributed by atoms with Crippen molar-refractivity contribution in [1.29, 1.82) is 0 Å². The van der Waals surface area contributed by atoms with Gasteiger partial charge in [-0.25, -0.2) is 0 Å². The molecule has 0 radical (unpaired) electrons. The Hall–Kier alpha value is -0.900. The fourth-order valence-corrected chi connectivity index (χ4v) is 1.93. The number of nitrogens with two attached hydrogens (primary N) is 1. The van der Waals surface area contributed by atoms with E-state index >= 15 is 0 Å². The molecule has 15 heavy (non-hydrogen) atoms. The van der Waals surface area contributed by atoms with Crippen molar-refractivity contribution in [3.05, 3.63) is 35.4 Å². The topological polar surface area (TPSA) is 47.3 Å². The summed E-state index contributed by atoms with van der Waals surface area (Å²) < 4.78 is 5.55. The molecule has 0 fully saturated rings. The minimum absolute atomic E-state index is 0.335. The Labute approximate surface area is 90.6 Å². The highest BCUT2D eigenvalue weighted by molar-refractivity contribution is 5.30. The summed E-state index contributed by atoms with van der Waals surface area (Å²) in [5.74, 6) is 0. The maximum absolute atomic E-state index is 5.55. The van der Waals surface area contributed by atoms with Crippen LogP contribution >= 0.6 is 0 Å². The summed E-state index contributed by atoms with van der Waals surface area (Å²) in [6.07, 6.45) is 1.01. The van der Waals surface area contributed by atoms with Crippen molar-refractivity contribution in [2.45, 2.75) is 19.1 Å². The standard InChI is InChI=1S/C12H18N2O/c13-6-3-7-14-12-9-15-8-10-4-1-2-5-11(10)12/h1-2,4-5,12,14H,3,6-9,13H2. The minimum Gasteiger partial charge on any atom is -0.375 e. The van der Waals surface area contributed by atoms with E-state index in [1.165, 1.54) is 11.1 Å². The molecule has 1 aliphatic heterocycles. The molecule has 1 heterocycles. The number of ether oxygens (including phenoxy) is 1. The Kier molecular flexibility index (Phi) is 3.72. The first kappa shape index (κ1) is 10.6. The number of benzene rings is 1. The van der Waals surface area contributed by atoms with E-state index in [1.807, 2.05) is 0 Å². The smallest absolute Gasteiger partial charge is 0.0721 e. The van der Waals surface area contributed by atoms with E-state index in [1.54, 1.807) is 0 Å². The maximum atomic E-state index is 5.55. The second kappa shape index (κ2) is 5.26. The summed E-state index contributed by atoms with van der Waals surface area (Å²) in [4.78, 5) is 0. The normalized spacial score (nSPS) is 19.9. The number of hydrogen-bond acceptors (Lipinski definition) is 3. The maximum Gasteiger partial charge on any atom is 0.0721 e. The van der Waals surface area contributed by atoms with Crippen LogP contribution in [0.3, 0.4) is 0 Å². The van der Waals surface area contributed by atoms with E-state index in [-0.39, 0.29) is 0 Å². The van der Waals surface area contributed by atoms with Crippen LogP contribution in [0.1, 0.15) is 23.6 Å². The first-order chi connectivity index (χ1) is 7.42. The van der Waals surface area contributed by atoms with Gasteiger partial charge in [-0.1, -0.05) is 24.3 Å². The fraction of sp³-hybridized carbons (Fsp3) is 0.500. The second-order valence-corrected chi connectivity index (χ2v) is 3.86. The van der Waals surface area contributed by atoms with Gasteiger partial charge in [-0.15, -0.1) is 0 Å². The quantitative estimate of drug-likeness (QED) is 0.728. The van der Waals surface area contributed by atoms with Gasteiger partial charge >= 0.3 is 0 Å². The monoisotopic (exact) mass is 206 g/mol. The van der Waals surface area contributed by atoms with Gasteiger partial charge in [0.2, 0.25) is 0 Å². The molecule has 0 spiro atoms. The van der Waals surface area contributed by atoms with Crippen LogP contribution in [0.5, 0.6) is 0 Å². The SMILES string of the molecule is NCCCNC1COCc2ccccc21. The van der Waals surface area contributed by atoms with Gasteiger partial charge in [0, 0.05) is 0 Å². The van der Waals surface area contributed by atoms with Crippen LogP contribution < -0.4 is 11.1 Å². The summed E-state index contributed by atoms with van der Waals surface area (Å²) >= 11 is 0. The Bertz CT molecular complexity index is 314. The van der Waals surface area contributed by atoms with Gasteiger partial charge in [0.1, 0.15) is 0 Å². The van der Waals surface area contributed by atoms with E-state index in [4.69, 9.17) is 10.5 Å². The molecule has 3 N–H and O–H groups in total. The van der Waals surface area contributed by atoms with Crippen LogP contribution in [0, 0.1) is 0 Å². The molecule has 1 aliphatic rings. The summed E-state index contributed by atoms with van der Waals surface area (Å²) in [6, 6.07) is 8.79. The van der Waals surface area contributed by atoms with Crippen molar-refractivity contribution in [3.63, 3.8) is 0 Å². The summed E-state index contributed by atoms with van der Waals surface area (Å²) in [7, 11) is 0. The molecule has 0 saturated carbocycles. The van der Waals surface area contributed by atoms with Gasteiger partial charge < -0.3 is 15.8 Å². The molecule has 0 amide bonds. The second-order valence-electron chi connectivity index (χ2n) is 3.86. The lowest BCUT2D eigenvalue weighted by Gasteiger charge is -2.26. The molecular weight excluding hydrogens is 188 g/mol. The van der Waals surface area contributed by atoms with Crippen molar-refractivity contribution in [3.8, 4) is 0 Å². The molecule has 3 heteroatoms. The number of fused-ring (bicyclic) bond motifs is 1. The van der Waals surface area contributed by atoms with Gasteiger partial charge in [0.15, 0.2) is 0 Å². The average molecular weight is 206 g/mol. The van der Waals surface area contributed by atoms with Gasteiger partial charge in [-0.3, -0.25) is 0 Å². The molecule has 0 saturated heterocycles. The lowest BCUT2D eigenvalue weighted by Crippen LogP contribution is -2.31. The third kappa shape index (κ3) is 2.56. The van der Waals surface area contributed by atoms with E-state index in [0.29, 0.717) is 6.04 Å².